The molecule has 1 atom stereocenters. The molecule has 0 saturated carbocycles. The fraction of sp³-hybridized carbons (Fsp3) is 0.444. The first kappa shape index (κ1) is 22.0. The molecule has 6 nitrogen and oxygen atoms in total. The minimum atomic E-state index is -4.85. The van der Waals surface area contributed by atoms with Gasteiger partial charge in [-0.3, -0.25) is 4.79 Å². The number of benzene rings is 1. The van der Waals surface area contributed by atoms with E-state index in [0.717, 1.165) is 6.08 Å². The van der Waals surface area contributed by atoms with Gasteiger partial charge in [-0.05, 0) is 50.1 Å². The lowest BCUT2D eigenvalue weighted by Crippen LogP contribution is -2.41. The van der Waals surface area contributed by atoms with Gasteiger partial charge in [-0.15, -0.1) is 0 Å². The largest absolute Gasteiger partial charge is 0.475 e. The third-order valence-electron chi connectivity index (χ3n) is 3.88. The van der Waals surface area contributed by atoms with Gasteiger partial charge in [0.2, 0.25) is 12.9 Å². The summed E-state index contributed by atoms with van der Waals surface area (Å²) >= 11 is 5.92. The number of ether oxygens (including phenoxy) is 3. The molecule has 0 spiro atoms. The van der Waals surface area contributed by atoms with Gasteiger partial charge < -0.3 is 19.9 Å². The summed E-state index contributed by atoms with van der Waals surface area (Å²) in [6.45, 7) is 1.16. The highest BCUT2D eigenvalue weighted by molar-refractivity contribution is 6.30. The van der Waals surface area contributed by atoms with Crippen LogP contribution in [0.3, 0.4) is 0 Å². The van der Waals surface area contributed by atoms with Crippen molar-refractivity contribution in [3.05, 3.63) is 33.9 Å². The fourth-order valence-electron chi connectivity index (χ4n) is 2.58. The Hall–Kier alpha value is -2.26. The van der Waals surface area contributed by atoms with E-state index < -0.39 is 36.6 Å². The number of hydrogen-bond acceptors (Lipinski definition) is 6. The van der Waals surface area contributed by atoms with Crippen LogP contribution in [-0.2, 0) is 19.1 Å². The minimum absolute atomic E-state index is 0.0189. The van der Waals surface area contributed by atoms with Gasteiger partial charge in [-0.2, -0.15) is 13.2 Å². The van der Waals surface area contributed by atoms with E-state index in [1.165, 1.54) is 12.1 Å². The van der Waals surface area contributed by atoms with E-state index in [-0.39, 0.29) is 22.8 Å². The fourth-order valence-corrected chi connectivity index (χ4v) is 2.86. The predicted molar refractivity (Wildman–Crippen MR) is 94.6 cm³/mol. The van der Waals surface area contributed by atoms with Gasteiger partial charge in [0.25, 0.3) is 0 Å². The zero-order valence-electron chi connectivity index (χ0n) is 15.0. The number of carbonyl (C=O) groups is 2. The number of unbranched alkanes of at least 4 members (excludes halogenated alkanes) is 1. The molecule has 1 aromatic carbocycles. The Morgan fingerprint density at radius 3 is 2.61 bits per heavy atom. The first-order valence-corrected chi connectivity index (χ1v) is 8.79. The Bertz CT molecular complexity index is 779. The molecule has 1 aliphatic rings. The van der Waals surface area contributed by atoms with Crippen molar-refractivity contribution < 1.29 is 37.0 Å². The molecule has 0 saturated heterocycles. The van der Waals surface area contributed by atoms with Crippen LogP contribution in [0.4, 0.5) is 13.2 Å². The van der Waals surface area contributed by atoms with Gasteiger partial charge in [-0.1, -0.05) is 11.6 Å². The van der Waals surface area contributed by atoms with Crippen LogP contribution in [0.25, 0.3) is 6.08 Å². The van der Waals surface area contributed by atoms with E-state index in [1.807, 2.05) is 0 Å². The van der Waals surface area contributed by atoms with Crippen LogP contribution in [0, 0.1) is 6.92 Å². The molecule has 0 bridgehead atoms. The maximum Gasteiger partial charge on any atom is 0.430 e. The van der Waals surface area contributed by atoms with Crippen molar-refractivity contribution in [2.24, 2.45) is 5.73 Å². The van der Waals surface area contributed by atoms with E-state index in [4.69, 9.17) is 22.1 Å². The van der Waals surface area contributed by atoms with Crippen molar-refractivity contribution in [1.29, 1.82) is 0 Å². The summed E-state index contributed by atoms with van der Waals surface area (Å²) < 4.78 is 54.5. The van der Waals surface area contributed by atoms with E-state index in [0.29, 0.717) is 24.9 Å². The van der Waals surface area contributed by atoms with E-state index in [2.05, 4.69) is 9.47 Å². The molecule has 0 radical (unpaired) electrons. The monoisotopic (exact) mass is 421 g/mol. The van der Waals surface area contributed by atoms with Crippen LogP contribution in [0.1, 0.15) is 30.4 Å². The molecular formula is C18H19ClF3NO5. The maximum absolute atomic E-state index is 13.4. The number of carbonyl (C=O) groups excluding carboxylic acids is 2. The summed E-state index contributed by atoms with van der Waals surface area (Å²) in [4.78, 5) is 23.6. The van der Waals surface area contributed by atoms with Crippen LogP contribution in [-0.4, -0.2) is 37.6 Å². The lowest BCUT2D eigenvalue weighted by molar-refractivity contribution is -0.190. The summed E-state index contributed by atoms with van der Waals surface area (Å²) in [5, 5.41) is 0.278. The molecule has 2 N–H and O–H groups in total. The summed E-state index contributed by atoms with van der Waals surface area (Å²) in [7, 11) is 0. The Labute approximate surface area is 164 Å². The van der Waals surface area contributed by atoms with Gasteiger partial charge >= 0.3 is 18.1 Å². The number of fused-ring (bicyclic) bond motifs is 1. The number of rotatable bonds is 7. The number of nitrogens with two attached hydrogens (primary N) is 1. The molecule has 28 heavy (non-hydrogen) atoms. The van der Waals surface area contributed by atoms with Crippen LogP contribution >= 0.6 is 11.6 Å². The molecule has 0 fully saturated rings. The van der Waals surface area contributed by atoms with Crippen molar-refractivity contribution in [3.8, 4) is 5.75 Å². The summed E-state index contributed by atoms with van der Waals surface area (Å²) in [5.41, 5.74) is 5.15. The molecule has 2 rings (SSSR count). The summed E-state index contributed by atoms with van der Waals surface area (Å²) in [6, 6.07) is 2.83. The Balaban J connectivity index is 2.12. The highest BCUT2D eigenvalue weighted by atomic mass is 35.5. The average molecular weight is 422 g/mol. The van der Waals surface area contributed by atoms with Gasteiger partial charge in [0, 0.05) is 17.0 Å². The molecule has 1 aromatic rings. The molecular weight excluding hydrogens is 403 g/mol. The zero-order valence-corrected chi connectivity index (χ0v) is 15.7. The van der Waals surface area contributed by atoms with Crippen LogP contribution < -0.4 is 10.5 Å². The van der Waals surface area contributed by atoms with Gasteiger partial charge in [0.1, 0.15) is 5.75 Å². The topological polar surface area (TPSA) is 87.9 Å². The minimum Gasteiger partial charge on any atom is -0.475 e. The highest BCUT2D eigenvalue weighted by Crippen LogP contribution is 2.40. The zero-order chi connectivity index (χ0) is 20.9. The lowest BCUT2D eigenvalue weighted by Gasteiger charge is -2.28. The molecule has 0 aromatic heterocycles. The summed E-state index contributed by atoms with van der Waals surface area (Å²) in [5.74, 6) is -1.97. The van der Waals surface area contributed by atoms with Crippen molar-refractivity contribution in [2.75, 3.05) is 13.3 Å². The molecule has 1 unspecified atom stereocenters. The van der Waals surface area contributed by atoms with Gasteiger partial charge in [0.15, 0.2) is 0 Å². The highest BCUT2D eigenvalue weighted by Gasteiger charge is 2.49. The van der Waals surface area contributed by atoms with Crippen LogP contribution in [0.2, 0.25) is 5.02 Å². The van der Waals surface area contributed by atoms with E-state index >= 15 is 0 Å². The standard InChI is InChI=1S/C18H19ClF3NO5/c1-10-6-12(19)7-11-8-13(16(18(20,21)22)28-15(10)11)17(25)27-9-26-14(24)4-2-3-5-23/h6-8,16H,2-5,9,23H2,1H3. The Kier molecular flexibility index (Phi) is 7.31. The normalized spacial score (nSPS) is 15.9. The smallest absolute Gasteiger partial charge is 0.430 e. The second-order valence-electron chi connectivity index (χ2n) is 6.09. The van der Waals surface area contributed by atoms with Crippen molar-refractivity contribution >= 4 is 29.6 Å². The molecule has 10 heteroatoms. The number of alkyl halides is 3. The van der Waals surface area contributed by atoms with Crippen LogP contribution in [0.5, 0.6) is 5.75 Å². The third-order valence-corrected chi connectivity index (χ3v) is 4.09. The molecule has 0 aliphatic carbocycles. The number of esters is 2. The molecule has 1 heterocycles. The quantitative estimate of drug-likeness (QED) is 0.411. The second-order valence-corrected chi connectivity index (χ2v) is 6.53. The first-order valence-electron chi connectivity index (χ1n) is 8.41. The first-order chi connectivity index (χ1) is 13.1. The molecule has 1 aliphatic heterocycles. The van der Waals surface area contributed by atoms with Crippen LogP contribution in [0.15, 0.2) is 17.7 Å². The molecule has 0 amide bonds. The maximum atomic E-state index is 13.4. The van der Waals surface area contributed by atoms with Crippen molar-refractivity contribution in [1.82, 2.24) is 0 Å². The van der Waals surface area contributed by atoms with E-state index in [9.17, 15) is 22.8 Å². The SMILES string of the molecule is Cc1cc(Cl)cc2c1OC(C(F)(F)F)C(C(=O)OCOC(=O)CCCCN)=C2. The lowest BCUT2D eigenvalue weighted by atomic mass is 9.99. The van der Waals surface area contributed by atoms with Crippen molar-refractivity contribution in [2.45, 2.75) is 38.5 Å². The third kappa shape index (κ3) is 5.62. The van der Waals surface area contributed by atoms with Crippen molar-refractivity contribution in [3.63, 3.8) is 0 Å². The molecule has 154 valence electrons. The second kappa shape index (κ2) is 9.29. The number of halogens is 4. The van der Waals surface area contributed by atoms with Gasteiger partial charge in [0.05, 0.1) is 5.57 Å². The van der Waals surface area contributed by atoms with E-state index in [1.54, 1.807) is 6.92 Å². The van der Waals surface area contributed by atoms with Gasteiger partial charge in [-0.25, -0.2) is 4.79 Å². The predicted octanol–water partition coefficient (Wildman–Crippen LogP) is 3.53. The average Bonchev–Trinajstić information content (AvgIpc) is 2.59. The Morgan fingerprint density at radius 2 is 1.96 bits per heavy atom. The number of aryl methyl sites for hydroxylation is 1. The summed E-state index contributed by atoms with van der Waals surface area (Å²) in [6.07, 6.45) is -5.16. The number of hydrogen-bond donors (Lipinski definition) is 1. The Morgan fingerprint density at radius 1 is 1.25 bits per heavy atom.